The zero-order chi connectivity index (χ0) is 10.5. The Labute approximate surface area is 99.2 Å². The van der Waals surface area contributed by atoms with E-state index in [9.17, 15) is 0 Å². The van der Waals surface area contributed by atoms with Crippen LogP contribution >= 0.6 is 0 Å². The molecule has 0 N–H and O–H groups in total. The molecule has 0 heteroatoms. The summed E-state index contributed by atoms with van der Waals surface area (Å²) in [5.74, 6) is 0. The van der Waals surface area contributed by atoms with Crippen molar-refractivity contribution < 1.29 is 0 Å². The van der Waals surface area contributed by atoms with Crippen molar-refractivity contribution in [1.29, 1.82) is 0 Å². The van der Waals surface area contributed by atoms with E-state index in [0.29, 0.717) is 0 Å². The van der Waals surface area contributed by atoms with Crippen LogP contribution in [0.5, 0.6) is 0 Å². The van der Waals surface area contributed by atoms with Gasteiger partial charge in [0.15, 0.2) is 0 Å². The summed E-state index contributed by atoms with van der Waals surface area (Å²) < 4.78 is 0. The highest BCUT2D eigenvalue weighted by Crippen LogP contribution is 2.96. The normalized spacial score (nSPS) is 42.0. The maximum Gasteiger partial charge on any atom is -0.0173 e. The van der Waals surface area contributed by atoms with E-state index >= 15 is 0 Å². The van der Waals surface area contributed by atoms with Crippen molar-refractivity contribution in [3.05, 3.63) is 0 Å². The molecule has 0 aromatic rings. The van der Waals surface area contributed by atoms with Crippen molar-refractivity contribution in [1.82, 2.24) is 0 Å². The smallest absolute Gasteiger partial charge is 0.0173 e. The molecule has 0 bridgehead atoms. The lowest BCUT2D eigenvalue weighted by Crippen LogP contribution is -2.85. The lowest BCUT2D eigenvalue weighted by Gasteiger charge is -2.93. The Morgan fingerprint density at radius 2 is 0.500 bits per heavy atom. The highest BCUT2D eigenvalue weighted by molar-refractivity contribution is 5.37. The van der Waals surface area contributed by atoms with Gasteiger partial charge in [-0.2, -0.15) is 0 Å². The van der Waals surface area contributed by atoms with E-state index in [2.05, 4.69) is 0 Å². The molecule has 88 valence electrons. The Morgan fingerprint density at radius 1 is 0.312 bits per heavy atom. The molecule has 4 spiro atoms. The fourth-order valence-corrected chi connectivity index (χ4v) is 7.72. The van der Waals surface area contributed by atoms with Crippen LogP contribution in [-0.4, -0.2) is 0 Å². The van der Waals surface area contributed by atoms with Gasteiger partial charge in [-0.25, -0.2) is 0 Å². The van der Waals surface area contributed by atoms with E-state index in [1.807, 2.05) is 0 Å². The zero-order valence-corrected chi connectivity index (χ0v) is 10.5. The summed E-state index contributed by atoms with van der Waals surface area (Å²) in [6.45, 7) is 0. The van der Waals surface area contributed by atoms with E-state index in [-0.39, 0.29) is 0 Å². The molecule has 5 rings (SSSR count). The largest absolute Gasteiger partial charge is 0.0522 e. The maximum absolute atomic E-state index is 1.63. The van der Waals surface area contributed by atoms with Crippen LogP contribution in [0.25, 0.3) is 0 Å². The van der Waals surface area contributed by atoms with Gasteiger partial charge in [0.2, 0.25) is 0 Å². The lowest BCUT2D eigenvalue weighted by atomic mass is 9.11. The average molecular weight is 216 g/mol. The summed E-state index contributed by atoms with van der Waals surface area (Å²) >= 11 is 0. The molecule has 0 heterocycles. The number of fused-ring (bicyclic) bond motifs is 4. The minimum Gasteiger partial charge on any atom is -0.0522 e. The van der Waals surface area contributed by atoms with Gasteiger partial charge in [0.05, 0.1) is 0 Å². The average Bonchev–Trinajstić information content (AvgIpc) is 1.89. The first-order chi connectivity index (χ1) is 7.83. The van der Waals surface area contributed by atoms with Crippen LogP contribution in [0.15, 0.2) is 0 Å². The van der Waals surface area contributed by atoms with Gasteiger partial charge in [-0.15, -0.1) is 0 Å². The topological polar surface area (TPSA) is 0 Å². The number of hydrogen-bond acceptors (Lipinski definition) is 0. The minimum absolute atomic E-state index is 0.914. The van der Waals surface area contributed by atoms with Crippen LogP contribution in [0.4, 0.5) is 0 Å². The first kappa shape index (κ1) is 9.00. The van der Waals surface area contributed by atoms with E-state index in [0.717, 1.165) is 21.7 Å². The molecular formula is C16H24. The Morgan fingerprint density at radius 3 is 0.562 bits per heavy atom. The monoisotopic (exact) mass is 216 g/mol. The summed E-state index contributed by atoms with van der Waals surface area (Å²) in [7, 11) is 0. The highest BCUT2D eigenvalue weighted by atomic mass is 14.9. The van der Waals surface area contributed by atoms with Crippen molar-refractivity contribution in [3.8, 4) is 0 Å². The Bertz CT molecular complexity index is 260. The second-order valence-electron chi connectivity index (χ2n) is 7.74. The van der Waals surface area contributed by atoms with Gasteiger partial charge >= 0.3 is 0 Å². The third-order valence-electron chi connectivity index (χ3n) is 8.49. The second-order valence-corrected chi connectivity index (χ2v) is 7.74. The molecule has 5 aliphatic rings. The minimum atomic E-state index is 0.914. The molecule has 5 saturated carbocycles. The van der Waals surface area contributed by atoms with Crippen LogP contribution in [0, 0.1) is 21.7 Å². The molecule has 0 radical (unpaired) electrons. The lowest BCUT2D eigenvalue weighted by molar-refractivity contribution is -0.445. The van der Waals surface area contributed by atoms with Gasteiger partial charge in [-0.05, 0) is 73.0 Å². The van der Waals surface area contributed by atoms with Crippen molar-refractivity contribution in [2.45, 2.75) is 77.0 Å². The van der Waals surface area contributed by atoms with Gasteiger partial charge in [0, 0.05) is 0 Å². The number of rotatable bonds is 0. The van der Waals surface area contributed by atoms with Gasteiger partial charge in [0.1, 0.15) is 0 Å². The molecular weight excluding hydrogens is 192 g/mol. The number of hydrogen-bond donors (Lipinski definition) is 0. The Kier molecular flexibility index (Phi) is 1.28. The van der Waals surface area contributed by atoms with Gasteiger partial charge in [0.25, 0.3) is 0 Å². The van der Waals surface area contributed by atoms with E-state index < -0.39 is 0 Å². The molecule has 0 aromatic carbocycles. The predicted octanol–water partition coefficient (Wildman–Crippen LogP) is 4.68. The van der Waals surface area contributed by atoms with Crippen molar-refractivity contribution in [2.24, 2.45) is 21.7 Å². The van der Waals surface area contributed by atoms with Crippen LogP contribution in [0.3, 0.4) is 0 Å². The molecule has 0 aromatic heterocycles. The van der Waals surface area contributed by atoms with E-state index in [4.69, 9.17) is 0 Å². The zero-order valence-electron chi connectivity index (χ0n) is 10.5. The predicted molar refractivity (Wildman–Crippen MR) is 65.1 cm³/mol. The van der Waals surface area contributed by atoms with Gasteiger partial charge in [-0.3, -0.25) is 0 Å². The highest BCUT2D eigenvalue weighted by Gasteiger charge is 2.88. The molecule has 0 aliphatic heterocycles. The quantitative estimate of drug-likeness (QED) is 0.551. The van der Waals surface area contributed by atoms with Crippen LogP contribution in [-0.2, 0) is 0 Å². The van der Waals surface area contributed by atoms with Crippen LogP contribution < -0.4 is 0 Å². The maximum atomic E-state index is 1.63. The summed E-state index contributed by atoms with van der Waals surface area (Å²) in [4.78, 5) is 0. The molecule has 0 unspecified atom stereocenters. The first-order valence-corrected chi connectivity index (χ1v) is 7.83. The molecule has 0 amide bonds. The Hall–Kier alpha value is 0. The molecule has 5 aliphatic carbocycles. The third-order valence-corrected chi connectivity index (χ3v) is 8.49. The van der Waals surface area contributed by atoms with Crippen LogP contribution in [0.2, 0.25) is 0 Å². The molecule has 0 atom stereocenters. The second kappa shape index (κ2) is 2.27. The van der Waals surface area contributed by atoms with E-state index in [1.54, 1.807) is 77.0 Å². The fraction of sp³-hybridized carbons (Fsp3) is 1.00. The summed E-state index contributed by atoms with van der Waals surface area (Å²) in [5, 5.41) is 0. The summed E-state index contributed by atoms with van der Waals surface area (Å²) in [6.07, 6.45) is 19.3. The van der Waals surface area contributed by atoms with E-state index in [1.165, 1.54) is 0 Å². The van der Waals surface area contributed by atoms with Gasteiger partial charge in [-0.1, -0.05) is 25.7 Å². The molecule has 5 fully saturated rings. The van der Waals surface area contributed by atoms with Gasteiger partial charge < -0.3 is 0 Å². The standard InChI is InChI=1S/C16H24/c1-5-13(6-1)14(7-2-8-14)16(11-4-12-16)15(13)9-3-10-15/h1-12H2. The molecule has 0 saturated heterocycles. The van der Waals surface area contributed by atoms with Crippen molar-refractivity contribution in [3.63, 3.8) is 0 Å². The third kappa shape index (κ3) is 0.512. The Balaban J connectivity index is 1.66. The SMILES string of the molecule is C1CC2(C1)C1(CCC1)C1(CCC1)C21CCC1. The fourth-order valence-electron chi connectivity index (χ4n) is 7.72. The first-order valence-electron chi connectivity index (χ1n) is 7.83. The molecule has 16 heavy (non-hydrogen) atoms. The van der Waals surface area contributed by atoms with Crippen molar-refractivity contribution >= 4 is 0 Å². The van der Waals surface area contributed by atoms with Crippen LogP contribution in [0.1, 0.15) is 77.0 Å². The van der Waals surface area contributed by atoms with Crippen molar-refractivity contribution in [2.75, 3.05) is 0 Å². The molecule has 0 nitrogen and oxygen atoms in total. The summed E-state index contributed by atoms with van der Waals surface area (Å²) in [6, 6.07) is 0. The summed E-state index contributed by atoms with van der Waals surface area (Å²) in [5.41, 5.74) is 3.65.